The summed E-state index contributed by atoms with van der Waals surface area (Å²) >= 11 is 0. The van der Waals surface area contributed by atoms with Gasteiger partial charge >= 0.3 is 0 Å². The molecule has 2 aromatic rings. The Kier molecular flexibility index (Phi) is 5.29. The highest BCUT2D eigenvalue weighted by molar-refractivity contribution is 5.91. The molecule has 1 unspecified atom stereocenters. The first-order valence-corrected chi connectivity index (χ1v) is 10.3. The lowest BCUT2D eigenvalue weighted by Gasteiger charge is -2.24. The summed E-state index contributed by atoms with van der Waals surface area (Å²) < 4.78 is 4.15. The molecule has 146 valence electrons. The molecule has 2 aliphatic rings. The fourth-order valence-electron chi connectivity index (χ4n) is 4.51. The molecule has 27 heavy (non-hydrogen) atoms. The van der Waals surface area contributed by atoms with Crippen molar-refractivity contribution in [2.45, 2.75) is 64.5 Å². The van der Waals surface area contributed by atoms with Gasteiger partial charge in [0, 0.05) is 25.4 Å². The molecule has 1 N–H and O–H groups in total. The second-order valence-electron chi connectivity index (χ2n) is 7.75. The molecule has 7 nitrogen and oxygen atoms in total. The largest absolute Gasteiger partial charge is 0.334 e. The molecule has 0 spiro atoms. The summed E-state index contributed by atoms with van der Waals surface area (Å²) in [4.78, 5) is 19.9. The Balaban J connectivity index is 1.45. The number of hydrogen-bond acceptors (Lipinski definition) is 4. The van der Waals surface area contributed by atoms with Gasteiger partial charge in [0.05, 0.1) is 24.5 Å². The molecule has 7 heteroatoms. The molecular formula is C20H30N6O. The first-order chi connectivity index (χ1) is 13.2. The highest BCUT2D eigenvalue weighted by atomic mass is 16.2. The predicted molar refractivity (Wildman–Crippen MR) is 105 cm³/mol. The van der Waals surface area contributed by atoms with Gasteiger partial charge in [0.2, 0.25) is 5.91 Å². The summed E-state index contributed by atoms with van der Waals surface area (Å²) in [6.45, 7) is 4.27. The van der Waals surface area contributed by atoms with E-state index in [1.54, 1.807) is 6.20 Å². The minimum atomic E-state index is 0.0266. The van der Waals surface area contributed by atoms with Crippen LogP contribution in [0.5, 0.6) is 0 Å². The fraction of sp³-hybridized carbons (Fsp3) is 0.650. The smallest absolute Gasteiger partial charge is 0.239 e. The lowest BCUT2D eigenvalue weighted by molar-refractivity contribution is -0.117. The van der Waals surface area contributed by atoms with Crippen LogP contribution in [0.25, 0.3) is 0 Å². The number of aryl methyl sites for hydroxylation is 2. The number of anilines is 1. The number of carbonyl (C=O) groups is 1. The van der Waals surface area contributed by atoms with E-state index in [-0.39, 0.29) is 11.9 Å². The van der Waals surface area contributed by atoms with Crippen LogP contribution >= 0.6 is 0 Å². The van der Waals surface area contributed by atoms with Crippen molar-refractivity contribution in [3.8, 4) is 0 Å². The van der Waals surface area contributed by atoms with Gasteiger partial charge in [0.25, 0.3) is 0 Å². The topological polar surface area (TPSA) is 68.0 Å². The number of likely N-dealkylation sites (tertiary alicyclic amines) is 1. The molecule has 0 aromatic carbocycles. The molecule has 2 aromatic heterocycles. The maximum atomic E-state index is 12.7. The third-order valence-electron chi connectivity index (χ3n) is 5.84. The molecule has 0 bridgehead atoms. The zero-order valence-corrected chi connectivity index (χ0v) is 16.4. The number of hydrogen-bond donors (Lipinski definition) is 1. The van der Waals surface area contributed by atoms with Crippen LogP contribution in [0.1, 0.15) is 62.3 Å². The normalized spacial score (nSPS) is 20.0. The summed E-state index contributed by atoms with van der Waals surface area (Å²) in [6.07, 6.45) is 9.64. The Bertz CT molecular complexity index is 807. The van der Waals surface area contributed by atoms with Crippen molar-refractivity contribution in [1.82, 2.24) is 24.2 Å². The van der Waals surface area contributed by atoms with Crippen LogP contribution in [0.3, 0.4) is 0 Å². The van der Waals surface area contributed by atoms with E-state index in [9.17, 15) is 4.79 Å². The number of imidazole rings is 1. The van der Waals surface area contributed by atoms with E-state index >= 15 is 0 Å². The number of fused-ring (bicyclic) bond motifs is 1. The summed E-state index contributed by atoms with van der Waals surface area (Å²) in [6, 6.07) is 2.11. The van der Waals surface area contributed by atoms with E-state index in [0.29, 0.717) is 6.54 Å². The fourth-order valence-corrected chi connectivity index (χ4v) is 4.51. The summed E-state index contributed by atoms with van der Waals surface area (Å²) in [7, 11) is 2.15. The average Bonchev–Trinajstić information content (AvgIpc) is 3.36. The van der Waals surface area contributed by atoms with Gasteiger partial charge in [0.15, 0.2) is 0 Å². The Morgan fingerprint density at radius 1 is 1.30 bits per heavy atom. The number of carbonyl (C=O) groups excluding carboxylic acids is 1. The second-order valence-corrected chi connectivity index (χ2v) is 7.75. The van der Waals surface area contributed by atoms with Crippen LogP contribution in [0.15, 0.2) is 12.3 Å². The van der Waals surface area contributed by atoms with Crippen molar-refractivity contribution < 1.29 is 4.79 Å². The van der Waals surface area contributed by atoms with Gasteiger partial charge in [-0.3, -0.25) is 9.69 Å². The van der Waals surface area contributed by atoms with Crippen LogP contribution in [0.4, 0.5) is 5.82 Å². The highest BCUT2D eigenvalue weighted by Crippen LogP contribution is 2.33. The summed E-state index contributed by atoms with van der Waals surface area (Å²) in [5.41, 5.74) is 2.68. The molecule has 1 saturated heterocycles. The molecule has 1 aliphatic heterocycles. The molecule has 4 rings (SSSR count). The minimum Gasteiger partial charge on any atom is -0.334 e. The standard InChI is InChI=1S/C20H30N6O/c1-3-12-26-18(10-11-21-26)23-19(27)14-25-13-6-9-17(25)20-22-15-7-4-5-8-16(15)24(20)2/h10-11,17H,3-9,12-14H2,1-2H3,(H,23,27). The number of rotatable bonds is 6. The van der Waals surface area contributed by atoms with Gasteiger partial charge in [-0.1, -0.05) is 6.92 Å². The summed E-state index contributed by atoms with van der Waals surface area (Å²) in [5, 5.41) is 7.31. The van der Waals surface area contributed by atoms with Crippen LogP contribution in [0.2, 0.25) is 0 Å². The van der Waals surface area contributed by atoms with Gasteiger partial charge in [-0.2, -0.15) is 5.10 Å². The Labute approximate surface area is 160 Å². The zero-order chi connectivity index (χ0) is 18.8. The highest BCUT2D eigenvalue weighted by Gasteiger charge is 2.32. The molecule has 0 radical (unpaired) electrons. The van der Waals surface area contributed by atoms with Gasteiger partial charge in [0.1, 0.15) is 11.6 Å². The Morgan fingerprint density at radius 3 is 2.96 bits per heavy atom. The first kappa shape index (κ1) is 18.2. The van der Waals surface area contributed by atoms with Gasteiger partial charge in [-0.05, 0) is 51.5 Å². The monoisotopic (exact) mass is 370 g/mol. The van der Waals surface area contributed by atoms with Crippen LogP contribution < -0.4 is 5.32 Å². The second kappa shape index (κ2) is 7.84. The number of amides is 1. The minimum absolute atomic E-state index is 0.0266. The quantitative estimate of drug-likeness (QED) is 0.849. The predicted octanol–water partition coefficient (Wildman–Crippen LogP) is 2.68. The van der Waals surface area contributed by atoms with E-state index in [4.69, 9.17) is 4.98 Å². The number of aromatic nitrogens is 4. The first-order valence-electron chi connectivity index (χ1n) is 10.3. The maximum Gasteiger partial charge on any atom is 0.239 e. The number of nitrogens with zero attached hydrogens (tertiary/aromatic N) is 5. The van der Waals surface area contributed by atoms with Crippen molar-refractivity contribution in [1.29, 1.82) is 0 Å². The molecule has 1 amide bonds. The van der Waals surface area contributed by atoms with E-state index in [0.717, 1.165) is 56.8 Å². The zero-order valence-electron chi connectivity index (χ0n) is 16.4. The molecule has 3 heterocycles. The van der Waals surface area contributed by atoms with E-state index in [1.165, 1.54) is 24.2 Å². The lowest BCUT2D eigenvalue weighted by atomic mass is 10.0. The molecular weight excluding hydrogens is 340 g/mol. The molecule has 0 saturated carbocycles. The van der Waals surface area contributed by atoms with Crippen LogP contribution in [-0.2, 0) is 31.2 Å². The van der Waals surface area contributed by atoms with Gasteiger partial charge in [-0.25, -0.2) is 9.67 Å². The average molecular weight is 371 g/mol. The molecule has 1 aliphatic carbocycles. The van der Waals surface area contributed by atoms with Crippen molar-refractivity contribution >= 4 is 11.7 Å². The summed E-state index contributed by atoms with van der Waals surface area (Å²) in [5.74, 6) is 1.95. The van der Waals surface area contributed by atoms with E-state index in [2.05, 4.69) is 33.9 Å². The third-order valence-corrected chi connectivity index (χ3v) is 5.84. The maximum absolute atomic E-state index is 12.7. The van der Waals surface area contributed by atoms with E-state index in [1.807, 2.05) is 10.7 Å². The van der Waals surface area contributed by atoms with Gasteiger partial charge < -0.3 is 9.88 Å². The molecule has 1 fully saturated rings. The SMILES string of the molecule is CCCn1nccc1NC(=O)CN1CCCC1c1nc2c(n1C)CCCC2. The van der Waals surface area contributed by atoms with Crippen LogP contribution in [0, 0.1) is 0 Å². The van der Waals surface area contributed by atoms with Crippen molar-refractivity contribution in [3.63, 3.8) is 0 Å². The Hall–Kier alpha value is -2.15. The number of nitrogens with one attached hydrogen (secondary N) is 1. The lowest BCUT2D eigenvalue weighted by Crippen LogP contribution is -2.34. The van der Waals surface area contributed by atoms with Crippen molar-refractivity contribution in [2.24, 2.45) is 7.05 Å². The van der Waals surface area contributed by atoms with Crippen LogP contribution in [-0.4, -0.2) is 43.2 Å². The Morgan fingerprint density at radius 2 is 2.15 bits per heavy atom. The van der Waals surface area contributed by atoms with Crippen molar-refractivity contribution in [3.05, 3.63) is 29.5 Å². The van der Waals surface area contributed by atoms with Crippen molar-refractivity contribution in [2.75, 3.05) is 18.4 Å². The molecule has 1 atom stereocenters. The van der Waals surface area contributed by atoms with Gasteiger partial charge in [-0.15, -0.1) is 0 Å². The third kappa shape index (κ3) is 3.65. The van der Waals surface area contributed by atoms with E-state index < -0.39 is 0 Å².